The third kappa shape index (κ3) is 4.22. The van der Waals surface area contributed by atoms with Gasteiger partial charge in [0.05, 0.1) is 37.8 Å². The van der Waals surface area contributed by atoms with Crippen LogP contribution in [-0.2, 0) is 19.6 Å². The second-order valence-electron chi connectivity index (χ2n) is 4.42. The van der Waals surface area contributed by atoms with E-state index in [4.69, 9.17) is 4.74 Å². The van der Waals surface area contributed by atoms with Crippen LogP contribution in [0, 0.1) is 0 Å². The largest absolute Gasteiger partial charge is 0.368 e. The first-order valence-corrected chi connectivity index (χ1v) is 7.95. The summed E-state index contributed by atoms with van der Waals surface area (Å²) < 4.78 is 29.7. The van der Waals surface area contributed by atoms with Crippen LogP contribution in [0.5, 0.6) is 0 Å². The highest BCUT2D eigenvalue weighted by Crippen LogP contribution is 2.19. The third-order valence-corrected chi connectivity index (χ3v) is 3.49. The molecule has 1 amide bonds. The monoisotopic (exact) mass is 300 g/mol. The molecule has 0 bridgehead atoms. The average molecular weight is 300 g/mol. The van der Waals surface area contributed by atoms with Crippen LogP contribution in [-0.4, -0.2) is 61.7 Å². The summed E-state index contributed by atoms with van der Waals surface area (Å²) in [5.74, 6) is -0.285. The fraction of sp³-hybridized carbons (Fsp3) is 0.545. The number of nitrogens with one attached hydrogen (secondary N) is 1. The maximum Gasteiger partial charge on any atom is 0.237 e. The van der Waals surface area contributed by atoms with Gasteiger partial charge in [-0.3, -0.25) is 14.8 Å². The summed E-state index contributed by atoms with van der Waals surface area (Å²) in [7, 11) is -3.37. The van der Waals surface area contributed by atoms with Gasteiger partial charge in [-0.1, -0.05) is 0 Å². The van der Waals surface area contributed by atoms with Gasteiger partial charge in [0.25, 0.3) is 0 Å². The van der Waals surface area contributed by atoms with Gasteiger partial charge in [0.2, 0.25) is 15.9 Å². The maximum absolute atomic E-state index is 11.9. The normalized spacial score (nSPS) is 19.9. The summed E-state index contributed by atoms with van der Waals surface area (Å²) in [6.45, 7) is 0.905. The molecule has 1 aliphatic heterocycles. The molecule has 110 valence electrons. The lowest BCUT2D eigenvalue weighted by Gasteiger charge is -2.32. The van der Waals surface area contributed by atoms with Gasteiger partial charge in [0, 0.05) is 18.9 Å². The van der Waals surface area contributed by atoms with E-state index >= 15 is 0 Å². The lowest BCUT2D eigenvalue weighted by Crippen LogP contribution is -2.46. The minimum Gasteiger partial charge on any atom is -0.368 e. The van der Waals surface area contributed by atoms with Crippen molar-refractivity contribution in [2.24, 2.45) is 0 Å². The smallest absolute Gasteiger partial charge is 0.237 e. The van der Waals surface area contributed by atoms with Crippen LogP contribution in [0.1, 0.15) is 11.8 Å². The van der Waals surface area contributed by atoms with E-state index in [-0.39, 0.29) is 18.6 Å². The van der Waals surface area contributed by atoms with Crippen LogP contribution >= 0.6 is 0 Å². The molecule has 9 heteroatoms. The Bertz CT molecular complexity index is 563. The topological polar surface area (TPSA) is 101 Å². The highest BCUT2D eigenvalue weighted by atomic mass is 32.2. The molecule has 0 aromatic carbocycles. The highest BCUT2D eigenvalue weighted by molar-refractivity contribution is 7.88. The first-order valence-electron chi connectivity index (χ1n) is 6.05. The lowest BCUT2D eigenvalue weighted by molar-refractivity contribution is -0.137. The van der Waals surface area contributed by atoms with Crippen molar-refractivity contribution in [3.63, 3.8) is 0 Å². The molecular formula is C11H16N4O4S. The quantitative estimate of drug-likeness (QED) is 0.759. The molecule has 2 heterocycles. The van der Waals surface area contributed by atoms with Crippen LogP contribution in [0.4, 0.5) is 0 Å². The summed E-state index contributed by atoms with van der Waals surface area (Å²) in [6, 6.07) is 0. The molecule has 1 fully saturated rings. The molecule has 0 radical (unpaired) electrons. The lowest BCUT2D eigenvalue weighted by atomic mass is 10.2. The number of sulfonamides is 1. The van der Waals surface area contributed by atoms with Gasteiger partial charge in [-0.25, -0.2) is 13.1 Å². The van der Waals surface area contributed by atoms with E-state index in [9.17, 15) is 13.2 Å². The first kappa shape index (κ1) is 14.8. The molecule has 1 atom stereocenters. The van der Waals surface area contributed by atoms with Crippen molar-refractivity contribution in [2.75, 3.05) is 32.5 Å². The van der Waals surface area contributed by atoms with E-state index in [1.54, 1.807) is 23.5 Å². The zero-order valence-electron chi connectivity index (χ0n) is 11.0. The number of amides is 1. The second kappa shape index (κ2) is 6.25. The van der Waals surface area contributed by atoms with Crippen LogP contribution in [0.15, 0.2) is 18.6 Å². The van der Waals surface area contributed by atoms with E-state index in [0.717, 1.165) is 6.26 Å². The van der Waals surface area contributed by atoms with Crippen molar-refractivity contribution in [3.8, 4) is 0 Å². The molecule has 0 saturated carbocycles. The Morgan fingerprint density at radius 2 is 2.35 bits per heavy atom. The van der Waals surface area contributed by atoms with Crippen LogP contribution in [0.25, 0.3) is 0 Å². The van der Waals surface area contributed by atoms with Gasteiger partial charge < -0.3 is 9.64 Å². The number of carbonyl (C=O) groups is 1. The molecule has 8 nitrogen and oxygen atoms in total. The summed E-state index contributed by atoms with van der Waals surface area (Å²) >= 11 is 0. The first-order chi connectivity index (χ1) is 9.46. The zero-order chi connectivity index (χ0) is 14.6. The standard InChI is InChI=1S/C11H16N4O4S/c1-20(17,18)14-7-11(16)15-4-5-19-10(8-15)9-6-12-2-3-13-9/h2-3,6,10,14H,4-5,7-8H2,1H3/t10-/m1/s1. The van der Waals surface area contributed by atoms with Gasteiger partial charge in [-0.15, -0.1) is 0 Å². The predicted molar refractivity (Wildman–Crippen MR) is 70.2 cm³/mol. The highest BCUT2D eigenvalue weighted by Gasteiger charge is 2.26. The number of morpholine rings is 1. The number of carbonyl (C=O) groups excluding carboxylic acids is 1. The molecule has 0 unspecified atom stereocenters. The van der Waals surface area contributed by atoms with E-state index < -0.39 is 10.0 Å². The van der Waals surface area contributed by atoms with Crippen molar-refractivity contribution < 1.29 is 17.9 Å². The molecule has 0 spiro atoms. The number of ether oxygens (including phenoxy) is 1. The summed E-state index contributed by atoms with van der Waals surface area (Å²) in [4.78, 5) is 21.6. The fourth-order valence-corrected chi connectivity index (χ4v) is 2.22. The third-order valence-electron chi connectivity index (χ3n) is 2.82. The van der Waals surface area contributed by atoms with Gasteiger partial charge in [0.15, 0.2) is 0 Å². The number of nitrogens with zero attached hydrogens (tertiary/aromatic N) is 3. The van der Waals surface area contributed by atoms with E-state index in [1.807, 2.05) is 0 Å². The van der Waals surface area contributed by atoms with Crippen molar-refractivity contribution in [3.05, 3.63) is 24.3 Å². The number of hydrogen-bond donors (Lipinski definition) is 1. The molecule has 1 aromatic heterocycles. The Balaban J connectivity index is 1.95. The molecule has 2 rings (SSSR count). The number of hydrogen-bond acceptors (Lipinski definition) is 6. The molecule has 1 aromatic rings. The molecular weight excluding hydrogens is 284 g/mol. The molecule has 0 aliphatic carbocycles. The van der Waals surface area contributed by atoms with Crippen molar-refractivity contribution in [1.82, 2.24) is 19.6 Å². The Hall–Kier alpha value is -1.58. The predicted octanol–water partition coefficient (Wildman–Crippen LogP) is -1.07. The number of rotatable bonds is 4. The summed E-state index contributed by atoms with van der Waals surface area (Å²) in [5.41, 5.74) is 0.654. The minimum atomic E-state index is -3.37. The Morgan fingerprint density at radius 1 is 1.55 bits per heavy atom. The SMILES string of the molecule is CS(=O)(=O)NCC(=O)N1CCO[C@@H](c2cnccn2)C1. The van der Waals surface area contributed by atoms with Gasteiger partial charge in [-0.05, 0) is 0 Å². The Morgan fingerprint density at radius 3 is 3.00 bits per heavy atom. The molecule has 1 saturated heterocycles. The van der Waals surface area contributed by atoms with Gasteiger partial charge >= 0.3 is 0 Å². The molecule has 1 N–H and O–H groups in total. The van der Waals surface area contributed by atoms with Gasteiger partial charge in [-0.2, -0.15) is 0 Å². The fourth-order valence-electron chi connectivity index (χ4n) is 1.84. The molecule has 20 heavy (non-hydrogen) atoms. The average Bonchev–Trinajstić information content (AvgIpc) is 2.45. The van der Waals surface area contributed by atoms with Crippen LogP contribution in [0.3, 0.4) is 0 Å². The van der Waals surface area contributed by atoms with Crippen molar-refractivity contribution >= 4 is 15.9 Å². The second-order valence-corrected chi connectivity index (χ2v) is 6.26. The zero-order valence-corrected chi connectivity index (χ0v) is 11.8. The summed E-state index contributed by atoms with van der Waals surface area (Å²) in [6.07, 6.45) is 5.39. The van der Waals surface area contributed by atoms with Crippen LogP contribution < -0.4 is 4.72 Å². The van der Waals surface area contributed by atoms with Crippen molar-refractivity contribution in [1.29, 1.82) is 0 Å². The van der Waals surface area contributed by atoms with Gasteiger partial charge in [0.1, 0.15) is 6.10 Å². The van der Waals surface area contributed by atoms with E-state index in [2.05, 4.69) is 14.7 Å². The number of aromatic nitrogens is 2. The van der Waals surface area contributed by atoms with Crippen molar-refractivity contribution in [2.45, 2.75) is 6.10 Å². The van der Waals surface area contributed by atoms with Crippen LogP contribution in [0.2, 0.25) is 0 Å². The van der Waals surface area contributed by atoms with E-state index in [0.29, 0.717) is 25.4 Å². The maximum atomic E-state index is 11.9. The molecule has 1 aliphatic rings. The summed E-state index contributed by atoms with van der Waals surface area (Å²) in [5, 5.41) is 0. The van der Waals surface area contributed by atoms with E-state index in [1.165, 1.54) is 0 Å². The Labute approximate surface area is 117 Å². The Kier molecular flexibility index (Phi) is 4.63. The minimum absolute atomic E-state index is 0.244.